The number of nitrogens with one attached hydrogen (secondary N) is 1. The molecule has 2 aromatic rings. The van der Waals surface area contributed by atoms with Crippen LogP contribution in [0.1, 0.15) is 46.0 Å². The maximum atomic E-state index is 12.1. The summed E-state index contributed by atoms with van der Waals surface area (Å²) in [4.78, 5) is 13.3. The summed E-state index contributed by atoms with van der Waals surface area (Å²) in [5.41, 5.74) is 3.45. The van der Waals surface area contributed by atoms with Gasteiger partial charge >= 0.3 is 5.97 Å². The van der Waals surface area contributed by atoms with Gasteiger partial charge in [0.2, 0.25) is 0 Å². The van der Waals surface area contributed by atoms with Crippen LogP contribution < -0.4 is 5.32 Å². The fourth-order valence-electron chi connectivity index (χ4n) is 3.06. The van der Waals surface area contributed by atoms with Crippen molar-refractivity contribution in [3.63, 3.8) is 0 Å². The number of ether oxygens (including phenoxy) is 1. The van der Waals surface area contributed by atoms with Gasteiger partial charge in [0, 0.05) is 23.4 Å². The molecule has 2 rings (SSSR count). The Labute approximate surface area is 174 Å². The molecule has 0 saturated heterocycles. The van der Waals surface area contributed by atoms with Crippen LogP contribution in [-0.4, -0.2) is 25.4 Å². The third-order valence-corrected chi connectivity index (χ3v) is 5.88. The van der Waals surface area contributed by atoms with Gasteiger partial charge in [-0.15, -0.1) is 11.8 Å². The number of hydrogen-bond acceptors (Lipinski definition) is 4. The number of carbonyl (C=O) groups excluding carboxylic acids is 1. The van der Waals surface area contributed by atoms with Crippen molar-refractivity contribution < 1.29 is 9.53 Å². The summed E-state index contributed by atoms with van der Waals surface area (Å²) < 4.78 is 5.50. The van der Waals surface area contributed by atoms with Crippen molar-refractivity contribution in [2.24, 2.45) is 5.92 Å². The molecule has 0 fully saturated rings. The Kier molecular flexibility index (Phi) is 9.98. The van der Waals surface area contributed by atoms with Crippen molar-refractivity contribution in [3.8, 4) is 11.1 Å². The summed E-state index contributed by atoms with van der Waals surface area (Å²) in [7, 11) is 1.93. The number of thioether (sulfide) groups is 1. The fourth-order valence-corrected chi connectivity index (χ4v) is 3.98. The Hall–Kier alpha value is -1.94. The predicted octanol–water partition coefficient (Wildman–Crippen LogP) is 6.64. The first-order valence-electron chi connectivity index (χ1n) is 10.3. The summed E-state index contributed by atoms with van der Waals surface area (Å²) in [6.45, 7) is 4.93. The number of hydrogen-bond donors (Lipinski definition) is 1. The van der Waals surface area contributed by atoms with Crippen molar-refractivity contribution >= 4 is 23.4 Å². The molecule has 0 aliphatic heterocycles. The first-order valence-corrected chi connectivity index (χ1v) is 11.3. The first kappa shape index (κ1) is 22.4. The minimum Gasteiger partial charge on any atom is -0.465 e. The van der Waals surface area contributed by atoms with Crippen LogP contribution in [0.3, 0.4) is 0 Å². The molecule has 1 N–H and O–H groups in total. The van der Waals surface area contributed by atoms with E-state index in [0.29, 0.717) is 18.9 Å². The quantitative estimate of drug-likeness (QED) is 0.321. The molecule has 1 unspecified atom stereocenters. The molecule has 0 aliphatic carbocycles. The van der Waals surface area contributed by atoms with Gasteiger partial charge in [-0.2, -0.15) is 0 Å². The molecule has 4 heteroatoms. The molecule has 0 spiro atoms. The molecule has 28 heavy (non-hydrogen) atoms. The Morgan fingerprint density at radius 3 is 2.57 bits per heavy atom. The van der Waals surface area contributed by atoms with Crippen LogP contribution in [0.2, 0.25) is 0 Å². The highest BCUT2D eigenvalue weighted by Gasteiger charge is 2.10. The van der Waals surface area contributed by atoms with Crippen LogP contribution in [0.25, 0.3) is 11.1 Å². The zero-order chi connectivity index (χ0) is 20.2. The topological polar surface area (TPSA) is 38.3 Å². The van der Waals surface area contributed by atoms with E-state index in [1.165, 1.54) is 24.0 Å². The second-order valence-corrected chi connectivity index (χ2v) is 8.23. The van der Waals surface area contributed by atoms with Gasteiger partial charge in [-0.3, -0.25) is 4.79 Å². The number of unbranched alkanes of at least 4 members (excludes halogenated alkanes) is 1. The summed E-state index contributed by atoms with van der Waals surface area (Å²) in [6.07, 6.45) is 5.06. The van der Waals surface area contributed by atoms with E-state index in [0.717, 1.165) is 29.2 Å². The largest absolute Gasteiger partial charge is 0.465 e. The van der Waals surface area contributed by atoms with Gasteiger partial charge in [-0.25, -0.2) is 0 Å². The Morgan fingerprint density at radius 1 is 1.11 bits per heavy atom. The predicted molar refractivity (Wildman–Crippen MR) is 121 cm³/mol. The number of benzene rings is 2. The van der Waals surface area contributed by atoms with Crippen LogP contribution in [0.15, 0.2) is 53.4 Å². The average molecular weight is 400 g/mol. The second kappa shape index (κ2) is 12.5. The average Bonchev–Trinajstić information content (AvgIpc) is 2.74. The summed E-state index contributed by atoms with van der Waals surface area (Å²) >= 11 is 1.70. The van der Waals surface area contributed by atoms with Gasteiger partial charge in [0.25, 0.3) is 0 Å². The lowest BCUT2D eigenvalue weighted by atomic mass is 10.0. The molecule has 0 heterocycles. The van der Waals surface area contributed by atoms with Crippen molar-refractivity contribution in [1.29, 1.82) is 0 Å². The zero-order valence-electron chi connectivity index (χ0n) is 17.4. The molecule has 0 aliphatic rings. The molecule has 0 saturated carbocycles. The van der Waals surface area contributed by atoms with Gasteiger partial charge in [-0.05, 0) is 41.7 Å². The standard InChI is InChI=1S/C24H33NO2S/c1-4-6-10-19(5-2)18-27-24(26)13-14-28-23-16-21(15-22(17-23)25-3)20-11-8-7-9-12-20/h7-9,11-12,15-17,19,25H,4-6,10,13-14,18H2,1-3H3. The Morgan fingerprint density at radius 2 is 1.89 bits per heavy atom. The van der Waals surface area contributed by atoms with Gasteiger partial charge < -0.3 is 10.1 Å². The van der Waals surface area contributed by atoms with E-state index in [2.05, 4.69) is 49.5 Å². The lowest BCUT2D eigenvalue weighted by Gasteiger charge is -2.14. The van der Waals surface area contributed by atoms with Gasteiger partial charge in [0.05, 0.1) is 13.0 Å². The van der Waals surface area contributed by atoms with E-state index in [1.54, 1.807) is 11.8 Å². The molecule has 152 valence electrons. The lowest BCUT2D eigenvalue weighted by molar-refractivity contribution is -0.144. The lowest BCUT2D eigenvalue weighted by Crippen LogP contribution is -2.14. The number of anilines is 1. The van der Waals surface area contributed by atoms with Crippen LogP contribution >= 0.6 is 11.8 Å². The number of rotatable bonds is 12. The van der Waals surface area contributed by atoms with Crippen molar-refractivity contribution in [1.82, 2.24) is 0 Å². The minimum atomic E-state index is -0.0875. The highest BCUT2D eigenvalue weighted by Crippen LogP contribution is 2.30. The second-order valence-electron chi connectivity index (χ2n) is 7.06. The van der Waals surface area contributed by atoms with Gasteiger partial charge in [0.15, 0.2) is 0 Å². The summed E-state index contributed by atoms with van der Waals surface area (Å²) in [5.74, 6) is 1.14. The maximum Gasteiger partial charge on any atom is 0.306 e. The van der Waals surface area contributed by atoms with Crippen molar-refractivity contribution in [3.05, 3.63) is 48.5 Å². The van der Waals surface area contributed by atoms with Crippen LogP contribution in [0.4, 0.5) is 5.69 Å². The Balaban J connectivity index is 1.86. The first-order chi connectivity index (χ1) is 13.7. The molecule has 0 amide bonds. The van der Waals surface area contributed by atoms with Crippen LogP contribution in [0.5, 0.6) is 0 Å². The number of esters is 1. The fraction of sp³-hybridized carbons (Fsp3) is 0.458. The molecule has 0 bridgehead atoms. The minimum absolute atomic E-state index is 0.0875. The maximum absolute atomic E-state index is 12.1. The molecule has 1 atom stereocenters. The highest BCUT2D eigenvalue weighted by atomic mass is 32.2. The molecule has 0 radical (unpaired) electrons. The number of carbonyl (C=O) groups is 1. The van der Waals surface area contributed by atoms with Crippen molar-refractivity contribution in [2.75, 3.05) is 24.7 Å². The van der Waals surface area contributed by atoms with E-state index in [4.69, 9.17) is 4.74 Å². The van der Waals surface area contributed by atoms with E-state index in [9.17, 15) is 4.79 Å². The van der Waals surface area contributed by atoms with Crippen LogP contribution in [-0.2, 0) is 9.53 Å². The molecule has 3 nitrogen and oxygen atoms in total. The highest BCUT2D eigenvalue weighted by molar-refractivity contribution is 7.99. The van der Waals surface area contributed by atoms with E-state index >= 15 is 0 Å². The third-order valence-electron chi connectivity index (χ3n) is 4.90. The zero-order valence-corrected chi connectivity index (χ0v) is 18.2. The summed E-state index contributed by atoms with van der Waals surface area (Å²) in [5, 5.41) is 3.23. The SMILES string of the molecule is CCCCC(CC)COC(=O)CCSc1cc(NC)cc(-c2ccccc2)c1. The molecular weight excluding hydrogens is 366 g/mol. The normalized spacial score (nSPS) is 11.8. The molecular formula is C24H33NO2S. The monoisotopic (exact) mass is 399 g/mol. The smallest absolute Gasteiger partial charge is 0.306 e. The van der Waals surface area contributed by atoms with Gasteiger partial charge in [0.1, 0.15) is 0 Å². The Bertz CT molecular complexity index is 718. The van der Waals surface area contributed by atoms with Crippen molar-refractivity contribution in [2.45, 2.75) is 50.8 Å². The van der Waals surface area contributed by atoms with Crippen LogP contribution in [0, 0.1) is 5.92 Å². The molecule has 2 aromatic carbocycles. The van der Waals surface area contributed by atoms with E-state index < -0.39 is 0 Å². The summed E-state index contributed by atoms with van der Waals surface area (Å²) in [6, 6.07) is 16.8. The van der Waals surface area contributed by atoms with Gasteiger partial charge in [-0.1, -0.05) is 63.4 Å². The van der Waals surface area contributed by atoms with E-state index in [1.807, 2.05) is 25.2 Å². The third kappa shape index (κ3) is 7.59. The molecule has 0 aromatic heterocycles. The van der Waals surface area contributed by atoms with E-state index in [-0.39, 0.29) is 5.97 Å².